The highest BCUT2D eigenvalue weighted by atomic mass is 16.3. The zero-order chi connectivity index (χ0) is 7.52. The summed E-state index contributed by atoms with van der Waals surface area (Å²) in [6.45, 7) is 0. The molecule has 1 aliphatic carbocycles. The van der Waals surface area contributed by atoms with E-state index in [2.05, 4.69) is 24.3 Å². The average molecular weight is 146 g/mol. The topological polar surface area (TPSA) is 13.1 Å². The van der Waals surface area contributed by atoms with Crippen molar-refractivity contribution in [3.05, 3.63) is 48.5 Å². The van der Waals surface area contributed by atoms with Crippen molar-refractivity contribution in [1.29, 1.82) is 0 Å². The molecule has 0 atom stereocenters. The van der Waals surface area contributed by atoms with Gasteiger partial charge < -0.3 is 4.42 Å². The molecule has 0 bridgehead atoms. The van der Waals surface area contributed by atoms with Crippen LogP contribution in [-0.4, -0.2) is 0 Å². The van der Waals surface area contributed by atoms with Gasteiger partial charge in [-0.25, -0.2) is 0 Å². The van der Waals surface area contributed by atoms with Crippen LogP contribution in [0.4, 0.5) is 0 Å². The average Bonchev–Trinajstić information content (AvgIpc) is 2.60. The van der Waals surface area contributed by atoms with Crippen LogP contribution in [0.1, 0.15) is 5.76 Å². The molecular weight excluding hydrogens is 136 g/mol. The second-order valence-corrected chi connectivity index (χ2v) is 2.72. The van der Waals surface area contributed by atoms with Gasteiger partial charge in [0.2, 0.25) is 0 Å². The molecule has 0 unspecified atom stereocenters. The lowest BCUT2D eigenvalue weighted by Gasteiger charge is -1.99. The maximum Gasteiger partial charge on any atom is 0.104 e. The fourth-order valence-corrected chi connectivity index (χ4v) is 1.28. The van der Waals surface area contributed by atoms with Crippen LogP contribution in [0.15, 0.2) is 47.1 Å². The number of furan rings is 1. The normalized spacial score (nSPS) is 16.4. The molecule has 0 radical (unpaired) electrons. The molecule has 0 saturated carbocycles. The van der Waals surface area contributed by atoms with Crippen LogP contribution in [0.2, 0.25) is 0 Å². The third-order valence-electron chi connectivity index (χ3n) is 1.84. The van der Waals surface area contributed by atoms with Crippen molar-refractivity contribution in [2.45, 2.75) is 6.42 Å². The minimum absolute atomic E-state index is 0.543. The van der Waals surface area contributed by atoms with Gasteiger partial charge in [-0.2, -0.15) is 0 Å². The van der Waals surface area contributed by atoms with Crippen molar-refractivity contribution in [3.8, 4) is 0 Å². The van der Waals surface area contributed by atoms with Crippen molar-refractivity contribution >= 4 is 0 Å². The molecular formula is C10H10O. The lowest BCUT2D eigenvalue weighted by molar-refractivity contribution is 0.496. The first-order valence-electron chi connectivity index (χ1n) is 3.82. The second kappa shape index (κ2) is 2.79. The van der Waals surface area contributed by atoms with E-state index in [4.69, 9.17) is 4.42 Å². The van der Waals surface area contributed by atoms with E-state index in [-0.39, 0.29) is 0 Å². The van der Waals surface area contributed by atoms with E-state index in [0.717, 1.165) is 12.2 Å². The first-order valence-corrected chi connectivity index (χ1v) is 3.82. The number of rotatable bonds is 2. The lowest BCUT2D eigenvalue weighted by atomic mass is 10.1. The Labute approximate surface area is 66.0 Å². The van der Waals surface area contributed by atoms with Gasteiger partial charge in [-0.15, -0.1) is 0 Å². The van der Waals surface area contributed by atoms with Crippen LogP contribution >= 0.6 is 0 Å². The van der Waals surface area contributed by atoms with Crippen LogP contribution in [0.3, 0.4) is 0 Å². The fraction of sp³-hybridized carbons (Fsp3) is 0.200. The van der Waals surface area contributed by atoms with Crippen LogP contribution in [0.5, 0.6) is 0 Å². The van der Waals surface area contributed by atoms with Crippen molar-refractivity contribution < 1.29 is 4.42 Å². The van der Waals surface area contributed by atoms with Gasteiger partial charge in [0.1, 0.15) is 5.76 Å². The predicted molar refractivity (Wildman–Crippen MR) is 44.2 cm³/mol. The fourth-order valence-electron chi connectivity index (χ4n) is 1.28. The molecule has 0 N–H and O–H groups in total. The van der Waals surface area contributed by atoms with Crippen LogP contribution in [0.25, 0.3) is 0 Å². The van der Waals surface area contributed by atoms with Gasteiger partial charge in [0.05, 0.1) is 6.26 Å². The predicted octanol–water partition coefficient (Wildman–Crippen LogP) is 2.56. The maximum absolute atomic E-state index is 5.23. The van der Waals surface area contributed by atoms with E-state index in [1.54, 1.807) is 6.26 Å². The Bertz CT molecular complexity index is 255. The first-order chi connectivity index (χ1) is 5.45. The van der Waals surface area contributed by atoms with Crippen molar-refractivity contribution in [1.82, 2.24) is 0 Å². The van der Waals surface area contributed by atoms with Crippen LogP contribution < -0.4 is 0 Å². The number of hydrogen-bond acceptors (Lipinski definition) is 1. The third kappa shape index (κ3) is 1.43. The van der Waals surface area contributed by atoms with Crippen molar-refractivity contribution in [2.24, 2.45) is 5.92 Å². The van der Waals surface area contributed by atoms with Gasteiger partial charge in [0.25, 0.3) is 0 Å². The quantitative estimate of drug-likeness (QED) is 0.625. The smallest absolute Gasteiger partial charge is 0.104 e. The molecule has 11 heavy (non-hydrogen) atoms. The van der Waals surface area contributed by atoms with E-state index in [0.29, 0.717) is 5.92 Å². The van der Waals surface area contributed by atoms with Gasteiger partial charge in [-0.1, -0.05) is 24.3 Å². The Morgan fingerprint density at radius 1 is 1.27 bits per heavy atom. The lowest BCUT2D eigenvalue weighted by Crippen LogP contribution is -1.93. The highest BCUT2D eigenvalue weighted by Crippen LogP contribution is 2.15. The Hall–Kier alpha value is -1.24. The molecule has 1 aromatic heterocycles. The molecule has 1 heteroatoms. The van der Waals surface area contributed by atoms with E-state index in [9.17, 15) is 0 Å². The highest BCUT2D eigenvalue weighted by Gasteiger charge is 2.05. The summed E-state index contributed by atoms with van der Waals surface area (Å²) in [7, 11) is 0. The Kier molecular flexibility index (Phi) is 1.64. The molecule has 1 aliphatic rings. The molecule has 0 fully saturated rings. The summed E-state index contributed by atoms with van der Waals surface area (Å²) in [6, 6.07) is 3.94. The summed E-state index contributed by atoms with van der Waals surface area (Å²) in [4.78, 5) is 0. The second-order valence-electron chi connectivity index (χ2n) is 2.72. The number of hydrogen-bond donors (Lipinski definition) is 0. The molecule has 56 valence electrons. The maximum atomic E-state index is 5.23. The van der Waals surface area contributed by atoms with Gasteiger partial charge in [-0.3, -0.25) is 0 Å². The van der Waals surface area contributed by atoms with Crippen molar-refractivity contribution in [2.75, 3.05) is 0 Å². The summed E-state index contributed by atoms with van der Waals surface area (Å²) in [5.41, 5.74) is 0. The minimum atomic E-state index is 0.543. The standard InChI is InChI=1S/C10H10O/c1-2-5-9(4-1)8-10-6-3-7-11-10/h1-7,9H,8H2. The molecule has 2 rings (SSSR count). The summed E-state index contributed by atoms with van der Waals surface area (Å²) in [6.07, 6.45) is 11.2. The van der Waals surface area contributed by atoms with Crippen LogP contribution in [0, 0.1) is 5.92 Å². The Morgan fingerprint density at radius 3 is 2.73 bits per heavy atom. The summed E-state index contributed by atoms with van der Waals surface area (Å²) in [5.74, 6) is 1.60. The molecule has 1 aromatic rings. The molecule has 1 nitrogen and oxygen atoms in total. The van der Waals surface area contributed by atoms with Gasteiger partial charge >= 0.3 is 0 Å². The zero-order valence-corrected chi connectivity index (χ0v) is 6.23. The van der Waals surface area contributed by atoms with Crippen LogP contribution in [-0.2, 0) is 6.42 Å². The SMILES string of the molecule is C1=CC(Cc2ccco2)C=C1. The van der Waals surface area contributed by atoms with E-state index in [1.165, 1.54) is 0 Å². The Balaban J connectivity index is 2.01. The largest absolute Gasteiger partial charge is 0.469 e. The zero-order valence-electron chi connectivity index (χ0n) is 6.23. The van der Waals surface area contributed by atoms with Gasteiger partial charge in [-0.05, 0) is 12.1 Å². The molecule has 0 aromatic carbocycles. The van der Waals surface area contributed by atoms with E-state index < -0.39 is 0 Å². The van der Waals surface area contributed by atoms with E-state index in [1.807, 2.05) is 12.1 Å². The molecule has 0 aliphatic heterocycles. The van der Waals surface area contributed by atoms with Gasteiger partial charge in [0.15, 0.2) is 0 Å². The number of allylic oxidation sites excluding steroid dienone is 4. The molecule has 0 saturated heterocycles. The summed E-state index contributed by atoms with van der Waals surface area (Å²) < 4.78 is 5.23. The molecule has 0 spiro atoms. The Morgan fingerprint density at radius 2 is 2.09 bits per heavy atom. The molecule has 0 amide bonds. The monoisotopic (exact) mass is 146 g/mol. The minimum Gasteiger partial charge on any atom is -0.469 e. The third-order valence-corrected chi connectivity index (χ3v) is 1.84. The first kappa shape index (κ1) is 6.47. The molecule has 1 heterocycles. The summed E-state index contributed by atoms with van der Waals surface area (Å²) in [5, 5.41) is 0. The highest BCUT2D eigenvalue weighted by molar-refractivity contribution is 5.19. The van der Waals surface area contributed by atoms with E-state index >= 15 is 0 Å². The summed E-state index contributed by atoms with van der Waals surface area (Å²) >= 11 is 0. The van der Waals surface area contributed by atoms with Crippen molar-refractivity contribution in [3.63, 3.8) is 0 Å². The van der Waals surface area contributed by atoms with Gasteiger partial charge in [0, 0.05) is 12.3 Å².